The van der Waals surface area contributed by atoms with E-state index in [9.17, 15) is 9.59 Å². The number of hydrogen-bond acceptors (Lipinski definition) is 6. The molecule has 0 N–H and O–H groups in total. The highest BCUT2D eigenvalue weighted by atomic mass is 35.5. The van der Waals surface area contributed by atoms with Crippen LogP contribution in [0, 0.1) is 0 Å². The van der Waals surface area contributed by atoms with Gasteiger partial charge in [-0.2, -0.15) is 0 Å². The number of rotatable bonds is 8. The summed E-state index contributed by atoms with van der Waals surface area (Å²) >= 11 is 20.0. The van der Waals surface area contributed by atoms with Crippen LogP contribution in [0.5, 0.6) is 5.75 Å². The van der Waals surface area contributed by atoms with E-state index in [0.29, 0.717) is 47.0 Å². The highest BCUT2D eigenvalue weighted by Gasteiger charge is 2.35. The Morgan fingerprint density at radius 3 is 2.33 bits per heavy atom. The predicted molar refractivity (Wildman–Crippen MR) is 180 cm³/mol. The van der Waals surface area contributed by atoms with Gasteiger partial charge in [0.25, 0.3) is 5.56 Å². The van der Waals surface area contributed by atoms with E-state index >= 15 is 0 Å². The van der Waals surface area contributed by atoms with Crippen LogP contribution < -0.4 is 19.6 Å². The number of nitrogens with zero attached hydrogens (tertiary/aromatic N) is 2. The summed E-state index contributed by atoms with van der Waals surface area (Å²) in [5, 5.41) is 1.49. The second-order valence-electron chi connectivity index (χ2n) is 10.0. The maximum atomic E-state index is 14.2. The van der Waals surface area contributed by atoms with Gasteiger partial charge in [0.1, 0.15) is 12.4 Å². The summed E-state index contributed by atoms with van der Waals surface area (Å²) in [6.45, 7) is 2.10. The zero-order valence-electron chi connectivity index (χ0n) is 23.9. The Morgan fingerprint density at radius 1 is 0.933 bits per heavy atom. The quantitative estimate of drug-likeness (QED) is 0.160. The molecular weight excluding hydrogens is 651 g/mol. The number of carbonyl (C=O) groups is 1. The highest BCUT2D eigenvalue weighted by molar-refractivity contribution is 7.07. The summed E-state index contributed by atoms with van der Waals surface area (Å²) in [4.78, 5) is 33.2. The molecule has 0 bridgehead atoms. The number of thiazole rings is 1. The number of fused-ring (bicyclic) bond motifs is 1. The SMILES string of the molecule is CCOC(=O)C1=C(c2ccccc2)N=c2s/c(=C\c3cc(Cl)ccc3OCc3ccc(Cl)cc3Cl)c(=O)n2[C@@H]1c1ccccc1. The van der Waals surface area contributed by atoms with Crippen molar-refractivity contribution in [1.82, 2.24) is 4.57 Å². The van der Waals surface area contributed by atoms with E-state index in [4.69, 9.17) is 49.3 Å². The molecule has 0 fully saturated rings. The zero-order chi connectivity index (χ0) is 31.5. The fourth-order valence-corrected chi connectivity index (χ4v) is 6.73. The summed E-state index contributed by atoms with van der Waals surface area (Å²) in [7, 11) is 0. The molecule has 0 saturated heterocycles. The molecule has 0 spiro atoms. The van der Waals surface area contributed by atoms with Crippen LogP contribution in [0.2, 0.25) is 15.1 Å². The summed E-state index contributed by atoms with van der Waals surface area (Å²) in [6, 6.07) is 28.5. The molecule has 1 aliphatic rings. The Morgan fingerprint density at radius 2 is 1.62 bits per heavy atom. The van der Waals surface area contributed by atoms with Crippen molar-refractivity contribution >= 4 is 63.9 Å². The largest absolute Gasteiger partial charge is 0.488 e. The minimum Gasteiger partial charge on any atom is -0.488 e. The Bertz CT molecular complexity index is 2110. The maximum absolute atomic E-state index is 14.2. The van der Waals surface area contributed by atoms with Crippen molar-refractivity contribution in [2.45, 2.75) is 19.6 Å². The van der Waals surface area contributed by atoms with E-state index in [1.54, 1.807) is 54.0 Å². The summed E-state index contributed by atoms with van der Waals surface area (Å²) in [6.07, 6.45) is 1.73. The van der Waals surface area contributed by atoms with Crippen molar-refractivity contribution < 1.29 is 14.3 Å². The minimum atomic E-state index is -0.763. The Balaban J connectivity index is 1.52. The van der Waals surface area contributed by atoms with E-state index < -0.39 is 12.0 Å². The van der Waals surface area contributed by atoms with E-state index in [-0.39, 0.29) is 18.8 Å². The van der Waals surface area contributed by atoms with Crippen LogP contribution in [-0.2, 0) is 16.1 Å². The molecule has 1 aliphatic heterocycles. The fraction of sp³-hybridized carbons (Fsp3) is 0.114. The van der Waals surface area contributed by atoms with Crippen molar-refractivity contribution in [2.75, 3.05) is 6.61 Å². The Hall–Kier alpha value is -4.14. The topological polar surface area (TPSA) is 69.9 Å². The fourth-order valence-electron chi connectivity index (χ4n) is 5.09. The van der Waals surface area contributed by atoms with E-state index in [1.807, 2.05) is 60.7 Å². The summed E-state index contributed by atoms with van der Waals surface area (Å²) < 4.78 is 13.6. The van der Waals surface area contributed by atoms with Crippen molar-refractivity contribution in [1.29, 1.82) is 0 Å². The van der Waals surface area contributed by atoms with Crippen LogP contribution in [0.3, 0.4) is 0 Å². The number of hydrogen-bond donors (Lipinski definition) is 0. The van der Waals surface area contributed by atoms with E-state index in [2.05, 4.69) is 0 Å². The van der Waals surface area contributed by atoms with Gasteiger partial charge in [-0.15, -0.1) is 0 Å². The van der Waals surface area contributed by atoms with Gasteiger partial charge in [0.2, 0.25) is 0 Å². The van der Waals surface area contributed by atoms with Crippen molar-refractivity contribution in [2.24, 2.45) is 4.99 Å². The third-order valence-corrected chi connectivity index (χ3v) is 8.95. The van der Waals surface area contributed by atoms with Gasteiger partial charge in [0.05, 0.1) is 28.5 Å². The van der Waals surface area contributed by atoms with Gasteiger partial charge in [0.15, 0.2) is 4.80 Å². The number of esters is 1. The highest BCUT2D eigenvalue weighted by Crippen LogP contribution is 2.35. The molecule has 0 radical (unpaired) electrons. The molecule has 0 saturated carbocycles. The van der Waals surface area contributed by atoms with Crippen molar-refractivity contribution in [3.05, 3.63) is 160 Å². The molecule has 5 aromatic rings. The molecule has 4 aromatic carbocycles. The normalized spacial score (nSPS) is 14.6. The second-order valence-corrected chi connectivity index (χ2v) is 12.3. The molecule has 6 rings (SSSR count). The number of aromatic nitrogens is 1. The van der Waals surface area contributed by atoms with Gasteiger partial charge in [-0.1, -0.05) is 113 Å². The van der Waals surface area contributed by atoms with Crippen LogP contribution in [0.1, 0.15) is 35.2 Å². The molecule has 6 nitrogen and oxygen atoms in total. The van der Waals surface area contributed by atoms with Crippen molar-refractivity contribution in [3.63, 3.8) is 0 Å². The van der Waals surface area contributed by atoms with Gasteiger partial charge < -0.3 is 9.47 Å². The Kier molecular flexibility index (Phi) is 9.24. The van der Waals surface area contributed by atoms with Crippen LogP contribution in [0.4, 0.5) is 0 Å². The van der Waals surface area contributed by atoms with Gasteiger partial charge in [-0.05, 0) is 48.9 Å². The standard InChI is InChI=1S/C35H25Cl3N2O4S/c1-2-43-34(42)30-31(21-9-5-3-6-10-21)39-35-40(32(30)22-11-7-4-8-12-22)33(41)29(45-35)18-24-17-25(36)15-16-28(24)44-20-23-13-14-26(37)19-27(23)38/h3-19,32H,2,20H2,1H3/b29-18-/t32-/m1/s1. The first-order valence-electron chi connectivity index (χ1n) is 14.0. The predicted octanol–water partition coefficient (Wildman–Crippen LogP) is 7.47. The summed E-state index contributed by atoms with van der Waals surface area (Å²) in [5.74, 6) is -0.0253. The maximum Gasteiger partial charge on any atom is 0.338 e. The third kappa shape index (κ3) is 6.49. The lowest BCUT2D eigenvalue weighted by Crippen LogP contribution is -2.40. The van der Waals surface area contributed by atoms with Gasteiger partial charge in [-0.25, -0.2) is 9.79 Å². The van der Waals surface area contributed by atoms with Crippen LogP contribution in [-0.4, -0.2) is 17.1 Å². The lowest BCUT2D eigenvalue weighted by molar-refractivity contribution is -0.138. The molecule has 2 heterocycles. The van der Waals surface area contributed by atoms with E-state index in [0.717, 1.165) is 16.7 Å². The molecule has 1 aromatic heterocycles. The number of halogens is 3. The van der Waals surface area contributed by atoms with Crippen molar-refractivity contribution in [3.8, 4) is 5.75 Å². The average Bonchev–Trinajstić information content (AvgIpc) is 3.35. The summed E-state index contributed by atoms with van der Waals surface area (Å²) in [5.41, 5.74) is 3.29. The zero-order valence-corrected chi connectivity index (χ0v) is 27.0. The number of carbonyl (C=O) groups excluding carboxylic acids is 1. The molecule has 226 valence electrons. The van der Waals surface area contributed by atoms with Gasteiger partial charge in [0, 0.05) is 31.8 Å². The molecule has 0 amide bonds. The number of ether oxygens (including phenoxy) is 2. The first kappa shape index (κ1) is 30.9. The lowest BCUT2D eigenvalue weighted by atomic mass is 9.93. The minimum absolute atomic E-state index is 0.176. The third-order valence-electron chi connectivity index (χ3n) is 7.15. The second kappa shape index (κ2) is 13.5. The smallest absolute Gasteiger partial charge is 0.338 e. The van der Waals surface area contributed by atoms with Crippen LogP contribution in [0.15, 0.2) is 112 Å². The average molecular weight is 676 g/mol. The molecule has 10 heteroatoms. The lowest BCUT2D eigenvalue weighted by Gasteiger charge is -2.25. The van der Waals surface area contributed by atoms with E-state index in [1.165, 1.54) is 11.3 Å². The molecule has 1 atom stereocenters. The molecule has 45 heavy (non-hydrogen) atoms. The Labute approximate surface area is 278 Å². The van der Waals surface area contributed by atoms with Crippen LogP contribution in [0.25, 0.3) is 11.8 Å². The molecule has 0 aliphatic carbocycles. The first-order chi connectivity index (χ1) is 21.8. The number of benzene rings is 4. The van der Waals surface area contributed by atoms with Crippen LogP contribution >= 0.6 is 46.1 Å². The monoisotopic (exact) mass is 674 g/mol. The molecule has 0 unspecified atom stereocenters. The molecular formula is C35H25Cl3N2O4S. The first-order valence-corrected chi connectivity index (χ1v) is 16.0. The van der Waals surface area contributed by atoms with Gasteiger partial charge in [-0.3, -0.25) is 9.36 Å². The van der Waals surface area contributed by atoms with Gasteiger partial charge >= 0.3 is 5.97 Å².